The number of nitrogens with one attached hydrogen (secondary N) is 3. The van der Waals surface area contributed by atoms with Gasteiger partial charge in [-0.3, -0.25) is 4.79 Å². The fourth-order valence-corrected chi connectivity index (χ4v) is 3.85. The number of aromatic carboxylic acids is 1. The van der Waals surface area contributed by atoms with E-state index in [1.54, 1.807) is 32.2 Å². The summed E-state index contributed by atoms with van der Waals surface area (Å²) in [6.07, 6.45) is 0.793. The van der Waals surface area contributed by atoms with Crippen molar-refractivity contribution in [2.75, 3.05) is 43.3 Å². The summed E-state index contributed by atoms with van der Waals surface area (Å²) >= 11 is 0. The van der Waals surface area contributed by atoms with Crippen molar-refractivity contribution in [3.63, 3.8) is 0 Å². The van der Waals surface area contributed by atoms with Crippen molar-refractivity contribution < 1.29 is 33.8 Å². The van der Waals surface area contributed by atoms with Gasteiger partial charge in [0.25, 0.3) is 0 Å². The van der Waals surface area contributed by atoms with Crippen LogP contribution in [0.25, 0.3) is 0 Å². The van der Waals surface area contributed by atoms with Crippen LogP contribution >= 0.6 is 0 Å². The highest BCUT2D eigenvalue weighted by atomic mass is 16.5. The molecule has 216 valence electrons. The summed E-state index contributed by atoms with van der Waals surface area (Å²) in [5.41, 5.74) is 3.19. The highest BCUT2D eigenvalue weighted by Crippen LogP contribution is 2.28. The molecule has 1 atom stereocenters. The zero-order chi connectivity index (χ0) is 29.9. The summed E-state index contributed by atoms with van der Waals surface area (Å²) in [6.45, 7) is 3.93. The van der Waals surface area contributed by atoms with Crippen molar-refractivity contribution >= 4 is 41.3 Å². The van der Waals surface area contributed by atoms with E-state index >= 15 is 0 Å². The van der Waals surface area contributed by atoms with Gasteiger partial charge in [-0.25, -0.2) is 9.59 Å². The number of hydrogen-bond donors (Lipinski definition) is 4. The SMILES string of the molecule is COc1cc(CC(=O)N(C)CCOc2ccc(C(=O)O)cc2NC(C)C=O)ccc1NC(=O)Nc1ccccc1C. The van der Waals surface area contributed by atoms with Crippen LogP contribution in [0.5, 0.6) is 11.5 Å². The van der Waals surface area contributed by atoms with Crippen molar-refractivity contribution in [2.45, 2.75) is 26.3 Å². The molecule has 4 N–H and O–H groups in total. The first-order valence-corrected chi connectivity index (χ1v) is 12.9. The monoisotopic (exact) mass is 562 g/mol. The van der Waals surface area contributed by atoms with Gasteiger partial charge in [-0.15, -0.1) is 0 Å². The van der Waals surface area contributed by atoms with Crippen LogP contribution in [0.4, 0.5) is 21.9 Å². The Bertz CT molecular complexity index is 1410. The largest absolute Gasteiger partial charge is 0.495 e. The third kappa shape index (κ3) is 8.72. The lowest BCUT2D eigenvalue weighted by Gasteiger charge is -2.20. The molecule has 41 heavy (non-hydrogen) atoms. The number of carboxylic acid groups (broad SMARTS) is 1. The van der Waals surface area contributed by atoms with Gasteiger partial charge < -0.3 is 40.2 Å². The molecule has 0 bridgehead atoms. The number of benzene rings is 3. The number of para-hydroxylation sites is 1. The van der Waals surface area contributed by atoms with Crippen molar-refractivity contribution in [1.82, 2.24) is 4.90 Å². The number of carboxylic acids is 1. The maximum atomic E-state index is 12.9. The molecule has 0 heterocycles. The van der Waals surface area contributed by atoms with Crippen molar-refractivity contribution in [3.8, 4) is 11.5 Å². The molecule has 3 amide bonds. The molecule has 3 aromatic carbocycles. The number of carbonyl (C=O) groups is 4. The molecule has 0 aliphatic heterocycles. The summed E-state index contributed by atoms with van der Waals surface area (Å²) in [6, 6.07) is 15.9. The molecule has 0 spiro atoms. The summed E-state index contributed by atoms with van der Waals surface area (Å²) in [5, 5.41) is 17.7. The van der Waals surface area contributed by atoms with E-state index in [0.29, 0.717) is 40.4 Å². The Balaban J connectivity index is 1.57. The maximum Gasteiger partial charge on any atom is 0.335 e. The van der Waals surface area contributed by atoms with E-state index in [0.717, 1.165) is 5.56 Å². The topological polar surface area (TPSA) is 146 Å². The van der Waals surface area contributed by atoms with Crippen LogP contribution in [0.15, 0.2) is 60.7 Å². The minimum absolute atomic E-state index is 0.0498. The zero-order valence-corrected chi connectivity index (χ0v) is 23.4. The molecule has 0 radical (unpaired) electrons. The van der Waals surface area contributed by atoms with Crippen LogP contribution in [0.2, 0.25) is 0 Å². The van der Waals surface area contributed by atoms with Crippen molar-refractivity contribution in [1.29, 1.82) is 0 Å². The van der Waals surface area contributed by atoms with E-state index in [1.807, 2.05) is 31.2 Å². The van der Waals surface area contributed by atoms with Gasteiger partial charge in [0.05, 0.1) is 43.1 Å². The molecule has 0 fully saturated rings. The third-order valence-electron chi connectivity index (χ3n) is 6.19. The number of rotatable bonds is 13. The highest BCUT2D eigenvalue weighted by molar-refractivity contribution is 6.01. The second-order valence-electron chi connectivity index (χ2n) is 9.35. The van der Waals surface area contributed by atoms with Gasteiger partial charge in [0.2, 0.25) is 5.91 Å². The number of amides is 3. The first kappa shape index (κ1) is 30.5. The van der Waals surface area contributed by atoms with E-state index in [9.17, 15) is 24.3 Å². The molecule has 11 nitrogen and oxygen atoms in total. The lowest BCUT2D eigenvalue weighted by Crippen LogP contribution is -2.32. The van der Waals surface area contributed by atoms with Crippen LogP contribution < -0.4 is 25.4 Å². The Morgan fingerprint density at radius 1 is 0.976 bits per heavy atom. The number of likely N-dealkylation sites (N-methyl/N-ethyl adjacent to an activating group) is 1. The van der Waals surface area contributed by atoms with Crippen LogP contribution in [-0.2, 0) is 16.0 Å². The van der Waals surface area contributed by atoms with Gasteiger partial charge in [0.1, 0.15) is 24.4 Å². The van der Waals surface area contributed by atoms with Gasteiger partial charge in [0, 0.05) is 12.7 Å². The van der Waals surface area contributed by atoms with E-state index in [2.05, 4.69) is 16.0 Å². The number of urea groups is 1. The van der Waals surface area contributed by atoms with Crippen LogP contribution in [0, 0.1) is 6.92 Å². The number of methoxy groups -OCH3 is 1. The predicted octanol–water partition coefficient (Wildman–Crippen LogP) is 4.43. The quantitative estimate of drug-likeness (QED) is 0.224. The van der Waals surface area contributed by atoms with Crippen LogP contribution in [-0.4, -0.2) is 67.6 Å². The van der Waals surface area contributed by atoms with E-state index in [-0.39, 0.29) is 31.0 Å². The number of nitrogens with zero attached hydrogens (tertiary/aromatic N) is 1. The summed E-state index contributed by atoms with van der Waals surface area (Å²) in [5.74, 6) is -0.489. The van der Waals surface area contributed by atoms with E-state index < -0.39 is 18.0 Å². The summed E-state index contributed by atoms with van der Waals surface area (Å²) in [7, 11) is 3.13. The minimum atomic E-state index is -1.10. The molecule has 0 aliphatic carbocycles. The normalized spacial score (nSPS) is 11.1. The third-order valence-corrected chi connectivity index (χ3v) is 6.19. The second-order valence-corrected chi connectivity index (χ2v) is 9.35. The molecule has 3 rings (SSSR count). The molecule has 11 heteroatoms. The molecular weight excluding hydrogens is 528 g/mol. The zero-order valence-electron chi connectivity index (χ0n) is 23.4. The van der Waals surface area contributed by atoms with Gasteiger partial charge in [-0.1, -0.05) is 24.3 Å². The first-order valence-electron chi connectivity index (χ1n) is 12.9. The molecule has 0 saturated heterocycles. The van der Waals surface area contributed by atoms with Gasteiger partial charge >= 0.3 is 12.0 Å². The molecule has 0 aromatic heterocycles. The lowest BCUT2D eigenvalue weighted by molar-refractivity contribution is -0.129. The van der Waals surface area contributed by atoms with Crippen LogP contribution in [0.1, 0.15) is 28.4 Å². The van der Waals surface area contributed by atoms with Crippen molar-refractivity contribution in [3.05, 3.63) is 77.4 Å². The average Bonchev–Trinajstić information content (AvgIpc) is 2.95. The molecule has 1 unspecified atom stereocenters. The Morgan fingerprint density at radius 2 is 1.71 bits per heavy atom. The molecule has 0 aliphatic rings. The Hall–Kier alpha value is -5.06. The van der Waals surface area contributed by atoms with E-state index in [1.165, 1.54) is 30.2 Å². The predicted molar refractivity (Wildman–Crippen MR) is 156 cm³/mol. The highest BCUT2D eigenvalue weighted by Gasteiger charge is 2.15. The Labute approximate surface area is 238 Å². The summed E-state index contributed by atoms with van der Waals surface area (Å²) in [4.78, 5) is 49.2. The Kier molecular flexibility index (Phi) is 10.7. The second kappa shape index (κ2) is 14.4. The van der Waals surface area contributed by atoms with Crippen LogP contribution in [0.3, 0.4) is 0 Å². The van der Waals surface area contributed by atoms with Gasteiger partial charge in [-0.05, 0) is 61.4 Å². The minimum Gasteiger partial charge on any atom is -0.495 e. The average molecular weight is 563 g/mol. The molecule has 0 saturated carbocycles. The summed E-state index contributed by atoms with van der Waals surface area (Å²) < 4.78 is 11.2. The first-order chi connectivity index (χ1) is 19.6. The number of carbonyl (C=O) groups excluding carboxylic acids is 3. The number of anilines is 3. The number of ether oxygens (including phenoxy) is 2. The maximum absolute atomic E-state index is 12.9. The van der Waals surface area contributed by atoms with Gasteiger partial charge in [-0.2, -0.15) is 0 Å². The fourth-order valence-electron chi connectivity index (χ4n) is 3.85. The fraction of sp³-hybridized carbons (Fsp3) is 0.267. The molecular formula is C30H34N4O7. The van der Waals surface area contributed by atoms with Crippen molar-refractivity contribution in [2.24, 2.45) is 0 Å². The Morgan fingerprint density at radius 3 is 2.39 bits per heavy atom. The number of hydrogen-bond acceptors (Lipinski definition) is 7. The number of aldehydes is 1. The number of aryl methyl sites for hydroxylation is 1. The van der Waals surface area contributed by atoms with E-state index in [4.69, 9.17) is 9.47 Å². The lowest BCUT2D eigenvalue weighted by atomic mass is 10.1. The smallest absolute Gasteiger partial charge is 0.335 e. The standard InChI is InChI=1S/C30H34N4O7/c1-19-7-5-6-8-23(19)32-30(39)33-24-11-9-21(15-27(24)40-4)16-28(36)34(3)13-14-41-26-12-10-22(29(37)38)17-25(26)31-20(2)18-35/h5-12,15,17-18,20,31H,13-14,16H2,1-4H3,(H,37,38)(H2,32,33,39). The van der Waals surface area contributed by atoms with Gasteiger partial charge in [0.15, 0.2) is 0 Å². The molecule has 3 aromatic rings.